The first-order valence-corrected chi connectivity index (χ1v) is 12.2. The lowest BCUT2D eigenvalue weighted by molar-refractivity contribution is -0.117. The van der Waals surface area contributed by atoms with Crippen LogP contribution in [0.2, 0.25) is 0 Å². The predicted molar refractivity (Wildman–Crippen MR) is 116 cm³/mol. The molecule has 2 aromatic rings. The van der Waals surface area contributed by atoms with E-state index in [9.17, 15) is 22.0 Å². The fraction of sp³-hybridized carbons (Fsp3) is 0.474. The van der Waals surface area contributed by atoms with Crippen molar-refractivity contribution >= 4 is 32.6 Å². The highest BCUT2D eigenvalue weighted by atomic mass is 32.2. The zero-order valence-electron chi connectivity index (χ0n) is 17.3. The Morgan fingerprint density at radius 3 is 2.45 bits per heavy atom. The molecule has 3 rings (SSSR count). The number of hydrogen-bond donors (Lipinski definition) is 1. The van der Waals surface area contributed by atoms with Crippen molar-refractivity contribution in [1.29, 1.82) is 0 Å². The summed E-state index contributed by atoms with van der Waals surface area (Å²) in [5.41, 5.74) is 0.857. The van der Waals surface area contributed by atoms with Gasteiger partial charge in [-0.25, -0.2) is 13.8 Å². The third-order valence-electron chi connectivity index (χ3n) is 5.02. The van der Waals surface area contributed by atoms with Crippen molar-refractivity contribution in [2.24, 2.45) is 0 Å². The second-order valence-electron chi connectivity index (χ2n) is 6.98. The first-order valence-electron chi connectivity index (χ1n) is 9.93. The zero-order chi connectivity index (χ0) is 22.6. The van der Waals surface area contributed by atoms with Gasteiger partial charge in [-0.15, -0.1) is 11.3 Å². The molecular formula is C19H25F2N5O3S2. The summed E-state index contributed by atoms with van der Waals surface area (Å²) in [6.45, 7) is 6.10. The first-order chi connectivity index (χ1) is 14.7. The molecule has 0 spiro atoms. The van der Waals surface area contributed by atoms with Crippen molar-refractivity contribution in [3.8, 4) is 11.3 Å². The largest absolute Gasteiger partial charge is 0.301 e. The van der Waals surface area contributed by atoms with Crippen molar-refractivity contribution in [1.82, 2.24) is 18.5 Å². The fourth-order valence-electron chi connectivity index (χ4n) is 3.31. The molecule has 1 aromatic heterocycles. The highest BCUT2D eigenvalue weighted by molar-refractivity contribution is 7.86. The second-order valence-corrected chi connectivity index (χ2v) is 9.77. The molecule has 0 radical (unpaired) electrons. The van der Waals surface area contributed by atoms with Crippen molar-refractivity contribution in [3.05, 3.63) is 35.2 Å². The maximum atomic E-state index is 13.4. The molecule has 1 aromatic carbocycles. The normalized spacial score (nSPS) is 16.0. The highest BCUT2D eigenvalue weighted by Gasteiger charge is 2.31. The van der Waals surface area contributed by atoms with Crippen LogP contribution in [0.3, 0.4) is 0 Å². The van der Waals surface area contributed by atoms with Gasteiger partial charge in [-0.1, -0.05) is 13.8 Å². The molecule has 1 aliphatic heterocycles. The summed E-state index contributed by atoms with van der Waals surface area (Å²) in [5.74, 6) is -2.16. The predicted octanol–water partition coefficient (Wildman–Crippen LogP) is 2.23. The number of halogens is 2. The Morgan fingerprint density at radius 1 is 1.16 bits per heavy atom. The SMILES string of the molecule is CCN(CC)S(=O)(=O)N1CCN(CC(=O)Nc2nc(-c3ccc(F)c(F)c3)cs2)CC1. The molecule has 1 N–H and O–H groups in total. The molecule has 1 aliphatic rings. The number of aromatic nitrogens is 1. The van der Waals surface area contributed by atoms with Crippen LogP contribution < -0.4 is 5.32 Å². The number of rotatable bonds is 8. The molecule has 170 valence electrons. The summed E-state index contributed by atoms with van der Waals surface area (Å²) in [5, 5.41) is 4.71. The van der Waals surface area contributed by atoms with E-state index < -0.39 is 21.8 Å². The maximum Gasteiger partial charge on any atom is 0.282 e. The van der Waals surface area contributed by atoms with Crippen molar-refractivity contribution in [2.75, 3.05) is 51.1 Å². The molecule has 0 bridgehead atoms. The summed E-state index contributed by atoms with van der Waals surface area (Å²) in [6.07, 6.45) is 0. The fourth-order valence-corrected chi connectivity index (χ4v) is 5.65. The van der Waals surface area contributed by atoms with E-state index in [1.54, 1.807) is 19.2 Å². The third kappa shape index (κ3) is 5.63. The number of thiazole rings is 1. The number of piperazine rings is 1. The molecule has 1 fully saturated rings. The van der Waals surface area contributed by atoms with Crippen LogP contribution in [0, 0.1) is 11.6 Å². The maximum absolute atomic E-state index is 13.4. The van der Waals surface area contributed by atoms with Gasteiger partial charge in [-0.3, -0.25) is 9.69 Å². The summed E-state index contributed by atoms with van der Waals surface area (Å²) in [7, 11) is -3.47. The summed E-state index contributed by atoms with van der Waals surface area (Å²) < 4.78 is 54.5. The van der Waals surface area contributed by atoms with E-state index in [1.165, 1.54) is 26.0 Å². The molecule has 12 heteroatoms. The molecule has 1 amide bonds. The lowest BCUT2D eigenvalue weighted by atomic mass is 10.2. The number of nitrogens with one attached hydrogen (secondary N) is 1. The quantitative estimate of drug-likeness (QED) is 0.636. The zero-order valence-corrected chi connectivity index (χ0v) is 19.0. The van der Waals surface area contributed by atoms with Crippen molar-refractivity contribution < 1.29 is 22.0 Å². The average molecular weight is 474 g/mol. The average Bonchev–Trinajstić information content (AvgIpc) is 3.19. The topological polar surface area (TPSA) is 85.9 Å². The molecule has 0 aliphatic carbocycles. The Hall–Kier alpha value is -1.99. The Bertz CT molecular complexity index is 1020. The van der Waals surface area contributed by atoms with Gasteiger partial charge < -0.3 is 5.32 Å². The number of carbonyl (C=O) groups is 1. The Balaban J connectivity index is 1.52. The number of hydrogen-bond acceptors (Lipinski definition) is 6. The number of benzene rings is 1. The van der Waals surface area contributed by atoms with E-state index in [2.05, 4.69) is 10.3 Å². The lowest BCUT2D eigenvalue weighted by Crippen LogP contribution is -2.54. The Morgan fingerprint density at radius 2 is 1.84 bits per heavy atom. The molecule has 8 nitrogen and oxygen atoms in total. The van der Waals surface area contributed by atoms with Gasteiger partial charge in [0, 0.05) is 50.2 Å². The molecule has 31 heavy (non-hydrogen) atoms. The van der Waals surface area contributed by atoms with Crippen LogP contribution in [0.5, 0.6) is 0 Å². The summed E-state index contributed by atoms with van der Waals surface area (Å²) in [4.78, 5) is 18.5. The van der Waals surface area contributed by atoms with Crippen LogP contribution >= 0.6 is 11.3 Å². The summed E-state index contributed by atoms with van der Waals surface area (Å²) >= 11 is 1.19. The van der Waals surface area contributed by atoms with Crippen LogP contribution in [0.4, 0.5) is 13.9 Å². The lowest BCUT2D eigenvalue weighted by Gasteiger charge is -2.35. The molecule has 0 atom stereocenters. The Labute approximate surface area is 184 Å². The van der Waals surface area contributed by atoms with Gasteiger partial charge in [0.2, 0.25) is 5.91 Å². The molecule has 0 saturated carbocycles. The standard InChI is InChI=1S/C19H25F2N5O3S2/c1-3-25(4-2)31(28,29)26-9-7-24(8-10-26)12-18(27)23-19-22-17(13-30-19)14-5-6-15(20)16(21)11-14/h5-6,11,13H,3-4,7-10,12H2,1-2H3,(H,22,23,27). The number of amides is 1. The smallest absolute Gasteiger partial charge is 0.282 e. The van der Waals surface area contributed by atoms with Crippen LogP contribution in [0.25, 0.3) is 11.3 Å². The highest BCUT2D eigenvalue weighted by Crippen LogP contribution is 2.26. The van der Waals surface area contributed by atoms with E-state index in [0.717, 1.165) is 12.1 Å². The Kier molecular flexibility index (Phi) is 7.70. The monoisotopic (exact) mass is 473 g/mol. The van der Waals surface area contributed by atoms with E-state index in [1.807, 2.05) is 4.90 Å². The third-order valence-corrected chi connectivity index (χ3v) is 7.97. The minimum absolute atomic E-state index is 0.110. The van der Waals surface area contributed by atoms with Crippen molar-refractivity contribution in [3.63, 3.8) is 0 Å². The minimum atomic E-state index is -3.47. The number of nitrogens with zero attached hydrogens (tertiary/aromatic N) is 4. The molecule has 1 saturated heterocycles. The number of anilines is 1. The molecule has 2 heterocycles. The van der Waals surface area contributed by atoms with E-state index in [4.69, 9.17) is 0 Å². The van der Waals surface area contributed by atoms with Gasteiger partial charge in [0.25, 0.3) is 10.2 Å². The first kappa shape index (κ1) is 23.7. The molecular weight excluding hydrogens is 448 g/mol. The second kappa shape index (κ2) is 10.1. The van der Waals surface area contributed by atoms with Gasteiger partial charge in [-0.2, -0.15) is 17.0 Å². The van der Waals surface area contributed by atoms with Crippen LogP contribution in [0.15, 0.2) is 23.6 Å². The van der Waals surface area contributed by atoms with Crippen LogP contribution in [0.1, 0.15) is 13.8 Å². The van der Waals surface area contributed by atoms with Crippen LogP contribution in [-0.4, -0.2) is 78.6 Å². The van der Waals surface area contributed by atoms with Crippen LogP contribution in [-0.2, 0) is 15.0 Å². The van der Waals surface area contributed by atoms with Gasteiger partial charge in [-0.05, 0) is 18.2 Å². The summed E-state index contributed by atoms with van der Waals surface area (Å²) in [6, 6.07) is 3.51. The van der Waals surface area contributed by atoms with E-state index in [-0.39, 0.29) is 12.5 Å². The molecule has 0 unspecified atom stereocenters. The van der Waals surface area contributed by atoms with Gasteiger partial charge in [0.15, 0.2) is 16.8 Å². The number of carbonyl (C=O) groups excluding carboxylic acids is 1. The minimum Gasteiger partial charge on any atom is -0.301 e. The van der Waals surface area contributed by atoms with Gasteiger partial charge in [0.1, 0.15) is 0 Å². The van der Waals surface area contributed by atoms with E-state index >= 15 is 0 Å². The van der Waals surface area contributed by atoms with E-state index in [0.29, 0.717) is 55.7 Å². The van der Waals surface area contributed by atoms with Gasteiger partial charge >= 0.3 is 0 Å². The van der Waals surface area contributed by atoms with Crippen molar-refractivity contribution in [2.45, 2.75) is 13.8 Å². The van der Waals surface area contributed by atoms with Gasteiger partial charge in [0.05, 0.1) is 12.2 Å².